The van der Waals surface area contributed by atoms with E-state index in [2.05, 4.69) is 53.1 Å². The van der Waals surface area contributed by atoms with Crippen LogP contribution in [-0.4, -0.2) is 19.6 Å². The van der Waals surface area contributed by atoms with Gasteiger partial charge in [0.15, 0.2) is 0 Å². The summed E-state index contributed by atoms with van der Waals surface area (Å²) < 4.78 is 4.05. The molecule has 0 atom stereocenters. The highest BCUT2D eigenvalue weighted by molar-refractivity contribution is 5.37. The number of aryl methyl sites for hydroxylation is 2. The minimum Gasteiger partial charge on any atom is -0.365 e. The maximum absolute atomic E-state index is 4.43. The van der Waals surface area contributed by atoms with Crippen molar-refractivity contribution in [3.63, 3.8) is 0 Å². The molecule has 5 heteroatoms. The molecule has 0 saturated carbocycles. The summed E-state index contributed by atoms with van der Waals surface area (Å²) in [5.74, 6) is 1.67. The summed E-state index contributed by atoms with van der Waals surface area (Å²) >= 11 is 0. The van der Waals surface area contributed by atoms with Crippen LogP contribution in [0.2, 0.25) is 0 Å². The van der Waals surface area contributed by atoms with Crippen LogP contribution in [-0.2, 0) is 19.6 Å². The van der Waals surface area contributed by atoms with Crippen molar-refractivity contribution < 1.29 is 0 Å². The molecule has 5 nitrogen and oxygen atoms in total. The van der Waals surface area contributed by atoms with Gasteiger partial charge in [0.05, 0.1) is 17.9 Å². The number of nitrogens with zero attached hydrogens (tertiary/aromatic N) is 4. The zero-order valence-corrected chi connectivity index (χ0v) is 12.2. The van der Waals surface area contributed by atoms with Gasteiger partial charge >= 0.3 is 0 Å². The van der Waals surface area contributed by atoms with E-state index in [1.54, 1.807) is 0 Å². The lowest BCUT2D eigenvalue weighted by Crippen LogP contribution is -2.13. The molecular formula is C14H23N5. The maximum atomic E-state index is 4.43. The van der Waals surface area contributed by atoms with Gasteiger partial charge < -0.3 is 5.32 Å². The third-order valence-corrected chi connectivity index (χ3v) is 2.99. The fourth-order valence-electron chi connectivity index (χ4n) is 2.13. The fraction of sp³-hybridized carbons (Fsp3) is 0.571. The van der Waals surface area contributed by atoms with Gasteiger partial charge in [0.2, 0.25) is 0 Å². The predicted octanol–water partition coefficient (Wildman–Crippen LogP) is 2.68. The number of nitrogens with one attached hydrogen (secondary N) is 1. The Bertz CT molecular complexity index is 524. The summed E-state index contributed by atoms with van der Waals surface area (Å²) in [6.45, 7) is 11.1. The molecule has 19 heavy (non-hydrogen) atoms. The molecule has 0 aromatic carbocycles. The summed E-state index contributed by atoms with van der Waals surface area (Å²) in [6.07, 6.45) is 1.86. The highest BCUT2D eigenvalue weighted by atomic mass is 15.3. The lowest BCUT2D eigenvalue weighted by molar-refractivity contribution is 0.470. The molecule has 0 bridgehead atoms. The van der Waals surface area contributed by atoms with Gasteiger partial charge in [-0.3, -0.25) is 4.68 Å². The number of hydrogen-bond donors (Lipinski definition) is 1. The maximum Gasteiger partial charge on any atom is 0.124 e. The topological polar surface area (TPSA) is 47.7 Å². The van der Waals surface area contributed by atoms with Crippen molar-refractivity contribution in [1.29, 1.82) is 0 Å². The summed E-state index contributed by atoms with van der Waals surface area (Å²) in [4.78, 5) is 0. The second kappa shape index (κ2) is 5.91. The van der Waals surface area contributed by atoms with E-state index in [-0.39, 0.29) is 0 Å². The lowest BCUT2D eigenvalue weighted by Gasteiger charge is -2.12. The minimum absolute atomic E-state index is 0.599. The van der Waals surface area contributed by atoms with Crippen molar-refractivity contribution in [2.24, 2.45) is 5.92 Å². The molecule has 0 radical (unpaired) electrons. The summed E-state index contributed by atoms with van der Waals surface area (Å²) in [7, 11) is 0. The standard InChI is InChI=1S/C14H23N5/c1-5-18-14(8-12(4)17-18)15-9-13-6-7-16-19(13)10-11(2)3/h6-8,11,15H,5,9-10H2,1-4H3. The molecule has 2 heterocycles. The van der Waals surface area contributed by atoms with Crippen molar-refractivity contribution in [3.8, 4) is 0 Å². The molecule has 0 aliphatic heterocycles. The number of anilines is 1. The molecule has 2 aromatic heterocycles. The average Bonchev–Trinajstić information content (AvgIpc) is 2.92. The van der Waals surface area contributed by atoms with Crippen LogP contribution in [0.15, 0.2) is 18.3 Å². The first-order valence-corrected chi connectivity index (χ1v) is 6.89. The van der Waals surface area contributed by atoms with Gasteiger partial charge in [0, 0.05) is 25.4 Å². The van der Waals surface area contributed by atoms with Crippen LogP contribution in [0.3, 0.4) is 0 Å². The zero-order chi connectivity index (χ0) is 13.8. The normalized spacial score (nSPS) is 11.2. The third kappa shape index (κ3) is 3.36. The second-order valence-electron chi connectivity index (χ2n) is 5.24. The van der Waals surface area contributed by atoms with Gasteiger partial charge in [0.1, 0.15) is 5.82 Å². The number of hydrogen-bond acceptors (Lipinski definition) is 3. The smallest absolute Gasteiger partial charge is 0.124 e. The van der Waals surface area contributed by atoms with E-state index < -0.39 is 0 Å². The molecule has 0 fully saturated rings. The van der Waals surface area contributed by atoms with Gasteiger partial charge in [-0.05, 0) is 25.8 Å². The number of rotatable bonds is 6. The Morgan fingerprint density at radius 3 is 2.79 bits per heavy atom. The molecule has 0 amide bonds. The van der Waals surface area contributed by atoms with E-state index in [0.29, 0.717) is 5.92 Å². The Morgan fingerprint density at radius 1 is 1.32 bits per heavy atom. The molecule has 0 spiro atoms. The molecule has 104 valence electrons. The van der Waals surface area contributed by atoms with E-state index >= 15 is 0 Å². The molecule has 0 aliphatic rings. The van der Waals surface area contributed by atoms with Crippen LogP contribution in [0, 0.1) is 12.8 Å². The number of aromatic nitrogens is 4. The Labute approximate surface area is 114 Å². The van der Waals surface area contributed by atoms with Crippen molar-refractivity contribution >= 4 is 5.82 Å². The third-order valence-electron chi connectivity index (χ3n) is 2.99. The molecule has 2 rings (SSSR count). The molecule has 1 N–H and O–H groups in total. The minimum atomic E-state index is 0.599. The van der Waals surface area contributed by atoms with E-state index in [1.165, 1.54) is 5.69 Å². The molecule has 0 saturated heterocycles. The lowest BCUT2D eigenvalue weighted by atomic mass is 10.2. The van der Waals surface area contributed by atoms with Crippen molar-refractivity contribution in [1.82, 2.24) is 19.6 Å². The quantitative estimate of drug-likeness (QED) is 0.869. The van der Waals surface area contributed by atoms with Crippen LogP contribution in [0.4, 0.5) is 5.82 Å². The SMILES string of the molecule is CCn1nc(C)cc1NCc1ccnn1CC(C)C. The fourth-order valence-corrected chi connectivity index (χ4v) is 2.13. The van der Waals surface area contributed by atoms with Crippen LogP contribution in [0.5, 0.6) is 0 Å². The van der Waals surface area contributed by atoms with Crippen LogP contribution in [0.1, 0.15) is 32.2 Å². The molecule has 2 aromatic rings. The van der Waals surface area contributed by atoms with Gasteiger partial charge in [-0.1, -0.05) is 13.8 Å². The second-order valence-corrected chi connectivity index (χ2v) is 5.24. The summed E-state index contributed by atoms with van der Waals surface area (Å²) in [5, 5.41) is 12.2. The molecule has 0 unspecified atom stereocenters. The largest absolute Gasteiger partial charge is 0.365 e. The van der Waals surface area contributed by atoms with Gasteiger partial charge in [-0.15, -0.1) is 0 Å². The summed E-state index contributed by atoms with van der Waals surface area (Å²) in [6, 6.07) is 4.14. The Morgan fingerprint density at radius 2 is 2.11 bits per heavy atom. The highest BCUT2D eigenvalue weighted by Gasteiger charge is 2.07. The van der Waals surface area contributed by atoms with E-state index in [0.717, 1.165) is 31.1 Å². The zero-order valence-electron chi connectivity index (χ0n) is 12.2. The van der Waals surface area contributed by atoms with Crippen LogP contribution >= 0.6 is 0 Å². The average molecular weight is 261 g/mol. The monoisotopic (exact) mass is 261 g/mol. The van der Waals surface area contributed by atoms with Gasteiger partial charge in [-0.2, -0.15) is 10.2 Å². The van der Waals surface area contributed by atoms with E-state index in [4.69, 9.17) is 0 Å². The van der Waals surface area contributed by atoms with Crippen LogP contribution in [0.25, 0.3) is 0 Å². The Kier molecular flexibility index (Phi) is 4.24. The first-order valence-electron chi connectivity index (χ1n) is 6.89. The summed E-state index contributed by atoms with van der Waals surface area (Å²) in [5.41, 5.74) is 2.25. The van der Waals surface area contributed by atoms with Gasteiger partial charge in [-0.25, -0.2) is 4.68 Å². The van der Waals surface area contributed by atoms with E-state index in [9.17, 15) is 0 Å². The Hall–Kier alpha value is -1.78. The molecule has 0 aliphatic carbocycles. The first kappa shape index (κ1) is 13.6. The molecular weight excluding hydrogens is 238 g/mol. The van der Waals surface area contributed by atoms with Gasteiger partial charge in [0.25, 0.3) is 0 Å². The van der Waals surface area contributed by atoms with Crippen molar-refractivity contribution in [3.05, 3.63) is 29.7 Å². The predicted molar refractivity (Wildman–Crippen MR) is 77.0 cm³/mol. The Balaban J connectivity index is 2.04. The van der Waals surface area contributed by atoms with Crippen molar-refractivity contribution in [2.45, 2.75) is 47.3 Å². The first-order chi connectivity index (χ1) is 9.10. The highest BCUT2D eigenvalue weighted by Crippen LogP contribution is 2.12. The van der Waals surface area contributed by atoms with Crippen LogP contribution < -0.4 is 5.32 Å². The van der Waals surface area contributed by atoms with E-state index in [1.807, 2.05) is 17.8 Å². The van der Waals surface area contributed by atoms with Crippen molar-refractivity contribution in [2.75, 3.05) is 5.32 Å².